The molecule has 6 heteroatoms. The molecular weight excluding hydrogens is 400 g/mol. The molecule has 0 aliphatic heterocycles. The maximum absolute atomic E-state index is 13.2. The number of carbonyl (C=O) groups excluding carboxylic acids is 1. The Bertz CT molecular complexity index is 1000. The first kappa shape index (κ1) is 20.2. The van der Waals surface area contributed by atoms with Gasteiger partial charge in [-0.15, -0.1) is 0 Å². The lowest BCUT2D eigenvalue weighted by molar-refractivity contribution is 0.0729. The van der Waals surface area contributed by atoms with Crippen molar-refractivity contribution in [1.82, 2.24) is 9.88 Å². The van der Waals surface area contributed by atoms with Crippen molar-refractivity contribution in [2.75, 3.05) is 7.11 Å². The number of hydrogen-bond acceptors (Lipinski definition) is 4. The summed E-state index contributed by atoms with van der Waals surface area (Å²) in [6.07, 6.45) is 5.58. The van der Waals surface area contributed by atoms with E-state index in [2.05, 4.69) is 4.98 Å². The Morgan fingerprint density at radius 3 is 2.43 bits per heavy atom. The van der Waals surface area contributed by atoms with Crippen LogP contribution in [0, 0.1) is 0 Å². The lowest BCUT2D eigenvalue weighted by Gasteiger charge is -2.23. The second-order valence-corrected chi connectivity index (χ2v) is 7.74. The van der Waals surface area contributed by atoms with Gasteiger partial charge in [-0.3, -0.25) is 9.78 Å². The van der Waals surface area contributed by atoms with Crippen LogP contribution in [0.2, 0.25) is 5.02 Å². The first-order valence-corrected chi connectivity index (χ1v) is 10.3. The lowest BCUT2D eigenvalue weighted by Crippen LogP contribution is -2.32. The summed E-state index contributed by atoms with van der Waals surface area (Å²) >= 11 is 5.93. The van der Waals surface area contributed by atoms with E-state index in [0.29, 0.717) is 35.2 Å². The van der Waals surface area contributed by atoms with E-state index in [1.54, 1.807) is 37.7 Å². The number of hydrogen-bond donors (Lipinski definition) is 0. The van der Waals surface area contributed by atoms with Gasteiger partial charge in [0.2, 0.25) is 0 Å². The van der Waals surface area contributed by atoms with E-state index >= 15 is 0 Å². The molecule has 2 aromatic carbocycles. The first-order chi connectivity index (χ1) is 14.6. The number of aromatic nitrogens is 1. The molecule has 1 aromatic heterocycles. The summed E-state index contributed by atoms with van der Waals surface area (Å²) in [6.45, 7) is 0.959. The molecule has 1 amide bonds. The summed E-state index contributed by atoms with van der Waals surface area (Å²) in [5.41, 5.74) is 2.66. The van der Waals surface area contributed by atoms with E-state index in [1.807, 2.05) is 41.3 Å². The summed E-state index contributed by atoms with van der Waals surface area (Å²) in [5, 5.41) is 0.686. The van der Waals surface area contributed by atoms with Crippen molar-refractivity contribution in [3.8, 4) is 11.5 Å². The van der Waals surface area contributed by atoms with Crippen LogP contribution in [0.4, 0.5) is 0 Å². The predicted octanol–water partition coefficient (Wildman–Crippen LogP) is 5.13. The lowest BCUT2D eigenvalue weighted by atomic mass is 10.1. The normalized spacial score (nSPS) is 13.0. The maximum Gasteiger partial charge on any atom is 0.254 e. The molecule has 4 rings (SSSR count). The van der Waals surface area contributed by atoms with Gasteiger partial charge in [0.15, 0.2) is 11.5 Å². The number of benzene rings is 2. The molecule has 0 spiro atoms. The number of pyridine rings is 1. The quantitative estimate of drug-likeness (QED) is 0.505. The fourth-order valence-corrected chi connectivity index (χ4v) is 3.39. The van der Waals surface area contributed by atoms with E-state index in [-0.39, 0.29) is 11.9 Å². The highest BCUT2D eigenvalue weighted by molar-refractivity contribution is 6.30. The topological polar surface area (TPSA) is 51.7 Å². The van der Waals surface area contributed by atoms with Gasteiger partial charge in [-0.05, 0) is 66.4 Å². The first-order valence-electron chi connectivity index (χ1n) is 9.89. The molecule has 0 N–H and O–H groups in total. The zero-order valence-electron chi connectivity index (χ0n) is 16.8. The van der Waals surface area contributed by atoms with Crippen molar-refractivity contribution in [1.29, 1.82) is 0 Å². The van der Waals surface area contributed by atoms with Crippen molar-refractivity contribution in [3.63, 3.8) is 0 Å². The van der Waals surface area contributed by atoms with Crippen molar-refractivity contribution in [2.24, 2.45) is 0 Å². The number of nitrogens with zero attached hydrogens (tertiary/aromatic N) is 2. The van der Waals surface area contributed by atoms with Crippen molar-refractivity contribution in [3.05, 3.63) is 88.7 Å². The molecule has 5 nitrogen and oxygen atoms in total. The number of carbonyl (C=O) groups is 1. The smallest absolute Gasteiger partial charge is 0.254 e. The Morgan fingerprint density at radius 1 is 1.03 bits per heavy atom. The van der Waals surface area contributed by atoms with Gasteiger partial charge in [0.1, 0.15) is 6.61 Å². The number of amides is 1. The van der Waals surface area contributed by atoms with E-state index in [0.717, 1.165) is 24.0 Å². The van der Waals surface area contributed by atoms with E-state index in [9.17, 15) is 4.79 Å². The van der Waals surface area contributed by atoms with Crippen LogP contribution in [0.25, 0.3) is 0 Å². The summed E-state index contributed by atoms with van der Waals surface area (Å²) in [6, 6.07) is 17.0. The molecule has 1 aliphatic rings. The predicted molar refractivity (Wildman–Crippen MR) is 116 cm³/mol. The van der Waals surface area contributed by atoms with Gasteiger partial charge in [0, 0.05) is 35.6 Å². The average molecular weight is 423 g/mol. The molecule has 1 fully saturated rings. The van der Waals surface area contributed by atoms with Crippen LogP contribution in [-0.2, 0) is 13.2 Å². The highest BCUT2D eigenvalue weighted by Crippen LogP contribution is 2.33. The Balaban J connectivity index is 1.49. The van der Waals surface area contributed by atoms with Crippen LogP contribution < -0.4 is 9.47 Å². The molecule has 1 heterocycles. The average Bonchev–Trinajstić information content (AvgIpc) is 3.62. The Morgan fingerprint density at radius 2 is 1.77 bits per heavy atom. The molecule has 154 valence electrons. The van der Waals surface area contributed by atoms with Gasteiger partial charge in [0.05, 0.1) is 7.11 Å². The summed E-state index contributed by atoms with van der Waals surface area (Å²) < 4.78 is 11.4. The van der Waals surface area contributed by atoms with Crippen LogP contribution in [0.3, 0.4) is 0 Å². The second kappa shape index (κ2) is 9.18. The molecule has 1 aliphatic carbocycles. The molecule has 1 saturated carbocycles. The molecule has 0 bridgehead atoms. The molecule has 0 radical (unpaired) electrons. The molecule has 0 unspecified atom stereocenters. The molecule has 0 saturated heterocycles. The third kappa shape index (κ3) is 4.92. The minimum Gasteiger partial charge on any atom is -0.493 e. The maximum atomic E-state index is 13.2. The highest BCUT2D eigenvalue weighted by Gasteiger charge is 2.33. The van der Waals surface area contributed by atoms with E-state index in [1.165, 1.54) is 0 Å². The van der Waals surface area contributed by atoms with Gasteiger partial charge in [-0.2, -0.15) is 0 Å². The van der Waals surface area contributed by atoms with Crippen LogP contribution in [0.5, 0.6) is 11.5 Å². The molecule has 0 atom stereocenters. The van der Waals surface area contributed by atoms with Crippen molar-refractivity contribution in [2.45, 2.75) is 32.0 Å². The van der Waals surface area contributed by atoms with Crippen LogP contribution in [-0.4, -0.2) is 28.9 Å². The second-order valence-electron chi connectivity index (χ2n) is 7.30. The minimum absolute atomic E-state index is 0.00290. The monoisotopic (exact) mass is 422 g/mol. The Hall–Kier alpha value is -3.05. The molecule has 30 heavy (non-hydrogen) atoms. The van der Waals surface area contributed by atoms with Crippen LogP contribution in [0.1, 0.15) is 34.3 Å². The van der Waals surface area contributed by atoms with Gasteiger partial charge in [0.25, 0.3) is 5.91 Å². The number of halogens is 1. The van der Waals surface area contributed by atoms with Gasteiger partial charge < -0.3 is 14.4 Å². The summed E-state index contributed by atoms with van der Waals surface area (Å²) in [7, 11) is 1.58. The van der Waals surface area contributed by atoms with Crippen molar-refractivity contribution >= 4 is 17.5 Å². The SMILES string of the molecule is COc1cc(C(=O)N(Cc2ccncc2)C2CC2)ccc1OCc1ccc(Cl)cc1. The van der Waals surface area contributed by atoms with Gasteiger partial charge in [-0.25, -0.2) is 0 Å². The minimum atomic E-state index is -0.00290. The molecular formula is C24H23ClN2O3. The highest BCUT2D eigenvalue weighted by atomic mass is 35.5. The van der Waals surface area contributed by atoms with Crippen LogP contribution >= 0.6 is 11.6 Å². The summed E-state index contributed by atoms with van der Waals surface area (Å²) in [5.74, 6) is 1.13. The largest absolute Gasteiger partial charge is 0.493 e. The van der Waals surface area contributed by atoms with E-state index < -0.39 is 0 Å². The third-order valence-corrected chi connectivity index (χ3v) is 5.32. The summed E-state index contributed by atoms with van der Waals surface area (Å²) in [4.78, 5) is 19.2. The zero-order chi connectivity index (χ0) is 20.9. The van der Waals surface area contributed by atoms with Gasteiger partial charge >= 0.3 is 0 Å². The Kier molecular flexibility index (Phi) is 6.19. The standard InChI is InChI=1S/C24H23ClN2O3/c1-29-23-14-19(4-9-22(23)30-16-18-2-5-20(25)6-3-18)24(28)27(21-7-8-21)15-17-10-12-26-13-11-17/h2-6,9-14,21H,7-8,15-16H2,1H3. The van der Waals surface area contributed by atoms with Crippen molar-refractivity contribution < 1.29 is 14.3 Å². The van der Waals surface area contributed by atoms with Crippen LogP contribution in [0.15, 0.2) is 67.0 Å². The van der Waals surface area contributed by atoms with Gasteiger partial charge in [-0.1, -0.05) is 23.7 Å². The molecule has 3 aromatic rings. The number of rotatable bonds is 8. The fourth-order valence-electron chi connectivity index (χ4n) is 3.27. The number of methoxy groups -OCH3 is 1. The van der Waals surface area contributed by atoms with E-state index in [4.69, 9.17) is 21.1 Å². The third-order valence-electron chi connectivity index (χ3n) is 5.07. The zero-order valence-corrected chi connectivity index (χ0v) is 17.5. The fraction of sp³-hybridized carbons (Fsp3) is 0.250. The Labute approximate surface area is 181 Å². The number of ether oxygens (including phenoxy) is 2.